The normalized spacial score (nSPS) is 11.6. The number of aromatic carboxylic acids is 2. The number of carboxylic acid groups (broad SMARTS) is 2. The van der Waals surface area contributed by atoms with E-state index in [9.17, 15) is 48.1 Å². The van der Waals surface area contributed by atoms with Crippen LogP contribution in [0.4, 0.5) is 39.8 Å². The van der Waals surface area contributed by atoms with Crippen LogP contribution in [-0.4, -0.2) is 59.3 Å². The number of amidine groups is 1. The van der Waals surface area contributed by atoms with Gasteiger partial charge >= 0.3 is 101 Å². The predicted molar refractivity (Wildman–Crippen MR) is 194 cm³/mol. The van der Waals surface area contributed by atoms with E-state index in [1.54, 1.807) is 31.2 Å². The molecule has 0 radical (unpaired) electrons. The minimum Gasteiger partial charge on any atom is -0.872 e. The Bertz CT molecular complexity index is 2610. The first-order valence-corrected chi connectivity index (χ1v) is 17.1. The molecule has 286 valence electrons. The quantitative estimate of drug-likeness (QED) is 0.0271. The van der Waals surface area contributed by atoms with Crippen LogP contribution in [0.25, 0.3) is 0 Å². The number of aryl methyl sites for hydroxylation is 1. The second-order valence-corrected chi connectivity index (χ2v) is 12.8. The van der Waals surface area contributed by atoms with Crippen molar-refractivity contribution >= 4 is 73.8 Å². The zero-order valence-corrected chi connectivity index (χ0v) is 38.6. The number of aliphatic imine (C=N–C) groups is 2. The molecule has 59 heavy (non-hydrogen) atoms. The van der Waals surface area contributed by atoms with Crippen molar-refractivity contribution in [1.29, 1.82) is 0 Å². The van der Waals surface area contributed by atoms with Crippen molar-refractivity contribution in [2.75, 3.05) is 12.4 Å². The van der Waals surface area contributed by atoms with Crippen molar-refractivity contribution in [2.45, 2.75) is 11.8 Å². The van der Waals surface area contributed by atoms with Gasteiger partial charge in [0.15, 0.2) is 0 Å². The molecule has 0 bridgehead atoms. The van der Waals surface area contributed by atoms with Crippen molar-refractivity contribution in [2.24, 2.45) is 30.4 Å². The van der Waals surface area contributed by atoms with Crippen molar-refractivity contribution in [3.63, 3.8) is 0 Å². The number of nitrogens with one attached hydrogen (secondary N) is 1. The summed E-state index contributed by atoms with van der Waals surface area (Å²) in [6.07, 6.45) is 0. The van der Waals surface area contributed by atoms with Gasteiger partial charge in [-0.25, -0.2) is 9.59 Å². The molecule has 5 aromatic carbocycles. The Hall–Kier alpha value is -4.71. The Balaban J connectivity index is 0.00000400. The molecule has 0 aliphatic rings. The summed E-state index contributed by atoms with van der Waals surface area (Å²) in [6, 6.07) is 19.3. The average Bonchev–Trinajstić information content (AvgIpc) is 3.14. The first kappa shape index (κ1) is 50.4. The van der Waals surface area contributed by atoms with Crippen LogP contribution in [0.3, 0.4) is 0 Å². The van der Waals surface area contributed by atoms with Gasteiger partial charge in [0.05, 0.1) is 51.6 Å². The second kappa shape index (κ2) is 22.1. The number of aliphatic hydroxyl groups is 1. The second-order valence-electron chi connectivity index (χ2n) is 11.4. The fraction of sp³-hybridized carbons (Fsp3) is 0.0556. The molecule has 0 heterocycles. The summed E-state index contributed by atoms with van der Waals surface area (Å²) in [6.45, 7) is 1.61. The van der Waals surface area contributed by atoms with E-state index >= 15 is 0 Å². The Labute approximate surface area is 401 Å². The smallest absolute Gasteiger partial charge is 0.872 e. The van der Waals surface area contributed by atoms with Crippen LogP contribution in [0, 0.1) is 6.92 Å². The number of anilines is 1. The maximum Gasteiger partial charge on any atom is 1.00 e. The van der Waals surface area contributed by atoms with Crippen molar-refractivity contribution in [1.82, 2.24) is 0 Å². The molecule has 5 rings (SSSR count). The monoisotopic (exact) mass is 849 g/mol. The van der Waals surface area contributed by atoms with Crippen LogP contribution in [0.15, 0.2) is 126 Å². The van der Waals surface area contributed by atoms with Crippen LogP contribution < -0.4 is 114 Å². The minimum absolute atomic E-state index is 0. The molecule has 0 amide bonds. The predicted octanol–water partition coefficient (Wildman–Crippen LogP) is -3.27. The van der Waals surface area contributed by atoms with Gasteiger partial charge < -0.3 is 40.7 Å². The fourth-order valence-electron chi connectivity index (χ4n) is 4.76. The molecule has 0 aliphatic carbocycles. The van der Waals surface area contributed by atoms with Gasteiger partial charge in [0.1, 0.15) is 11.4 Å². The van der Waals surface area contributed by atoms with Crippen molar-refractivity contribution in [3.05, 3.63) is 113 Å². The van der Waals surface area contributed by atoms with Gasteiger partial charge in [0.25, 0.3) is 16.1 Å². The van der Waals surface area contributed by atoms with E-state index in [0.29, 0.717) is 23.0 Å². The van der Waals surface area contributed by atoms with Crippen LogP contribution in [0.5, 0.6) is 17.2 Å². The average molecular weight is 850 g/mol. The van der Waals surface area contributed by atoms with Crippen LogP contribution in [0.1, 0.15) is 31.8 Å². The van der Waals surface area contributed by atoms with E-state index < -0.39 is 61.5 Å². The molecule has 0 aliphatic heterocycles. The van der Waals surface area contributed by atoms with E-state index in [0.717, 1.165) is 18.2 Å². The molecular weight excluding hydrogens is 823 g/mol. The summed E-state index contributed by atoms with van der Waals surface area (Å²) < 4.78 is 38.1. The number of azo groups is 2. The molecule has 0 fully saturated rings. The molecule has 0 aromatic heterocycles. The number of ether oxygens (including phenoxy) is 1. The maximum absolute atomic E-state index is 13.3. The summed E-state index contributed by atoms with van der Waals surface area (Å²) in [5.74, 6) is -5.80. The first-order chi connectivity index (χ1) is 26.5. The minimum atomic E-state index is -5.09. The van der Waals surface area contributed by atoms with E-state index in [1.165, 1.54) is 49.6 Å². The number of hydrogen-bond acceptors (Lipinski definition) is 14. The topological polar surface area (TPSA) is 314 Å². The van der Waals surface area contributed by atoms with Crippen LogP contribution in [0.2, 0.25) is 0 Å². The molecule has 0 unspecified atom stereocenters. The molecule has 5 aromatic rings. The maximum atomic E-state index is 13.3. The summed E-state index contributed by atoms with van der Waals surface area (Å²) in [5.41, 5.74) is -0.0327. The first-order valence-electron chi connectivity index (χ1n) is 15.7. The zero-order valence-electron chi connectivity index (χ0n) is 31.8. The van der Waals surface area contributed by atoms with Gasteiger partial charge in [-0.3, -0.25) is 9.55 Å². The van der Waals surface area contributed by atoms with Gasteiger partial charge in [0, 0.05) is 5.69 Å². The number of methoxy groups -OCH3 is 1. The zero-order chi connectivity index (χ0) is 40.7. The SMILES string of the molecule is COc1cc(C)c(N=Nc2cc(C(=O)O)c([O-])c(S(=O)(=O)O)c2)cc1N=C([O-])c1cccc(N=C(O)Nc2ccc(N=Nc3ccc([O-])c(C(=O)O)c3)cc2)c1.[Na+].[Na+].[Na+]. The van der Waals surface area contributed by atoms with Crippen LogP contribution in [-0.2, 0) is 10.1 Å². The third-order valence-electron chi connectivity index (χ3n) is 7.47. The molecule has 0 saturated heterocycles. The number of rotatable bonds is 12. The van der Waals surface area contributed by atoms with E-state index in [1.807, 2.05) is 0 Å². The molecule has 0 saturated carbocycles. The van der Waals surface area contributed by atoms with E-state index in [-0.39, 0.29) is 128 Å². The summed E-state index contributed by atoms with van der Waals surface area (Å²) in [7, 11) is -3.76. The van der Waals surface area contributed by atoms with E-state index in [4.69, 9.17) is 9.84 Å². The number of aliphatic hydroxyl groups excluding tert-OH is 1. The number of nitrogens with zero attached hydrogens (tertiary/aromatic N) is 6. The number of carboxylic acids is 2. The largest absolute Gasteiger partial charge is 1.00 e. The molecule has 5 N–H and O–H groups in total. The molecule has 0 spiro atoms. The molecule has 23 heteroatoms. The Morgan fingerprint density at radius 2 is 1.31 bits per heavy atom. The Morgan fingerprint density at radius 3 is 1.93 bits per heavy atom. The van der Waals surface area contributed by atoms with Gasteiger partial charge in [-0.15, -0.1) is 0 Å². The summed E-state index contributed by atoms with van der Waals surface area (Å²) in [5, 5.41) is 84.5. The Kier molecular flexibility index (Phi) is 18.8. The van der Waals surface area contributed by atoms with Gasteiger partial charge in [-0.1, -0.05) is 29.7 Å². The number of benzene rings is 5. The number of carbonyl (C=O) groups is 2. The third kappa shape index (κ3) is 13.4. The standard InChI is InChI=1S/C36H29N7O12S.3Na/c1-18-12-30(55-2)28(17-27(18)43-42-24-15-26(35(49)50)32(45)31(16-24)56(52,53)54)39-33(46)19-4-3-5-22(13-19)38-36(51)37-20-6-8-21(9-7-20)40-41-23-10-11-29(44)25(14-23)34(47)48;;;/h3-17,44-45H,1-2H3,(H,39,46)(H,47,48)(H,49,50)(H2,37,38,51)(H,52,53,54);;;/q;3*+1/p-3. The number of hydrogen-bond donors (Lipinski definition) is 5. The fourth-order valence-corrected chi connectivity index (χ4v) is 5.37. The summed E-state index contributed by atoms with van der Waals surface area (Å²) in [4.78, 5) is 29.7. The Morgan fingerprint density at radius 1 is 0.695 bits per heavy atom. The van der Waals surface area contributed by atoms with Gasteiger partial charge in [-0.2, -0.15) is 33.9 Å². The molecular formula is C36H26N7Na3O12S. The van der Waals surface area contributed by atoms with Crippen LogP contribution >= 0.6 is 0 Å². The molecule has 19 nitrogen and oxygen atoms in total. The van der Waals surface area contributed by atoms with E-state index in [2.05, 4.69) is 35.8 Å². The van der Waals surface area contributed by atoms with Crippen molar-refractivity contribution < 1.29 is 147 Å². The van der Waals surface area contributed by atoms with Crippen molar-refractivity contribution in [3.8, 4) is 17.2 Å². The third-order valence-corrected chi connectivity index (χ3v) is 8.33. The summed E-state index contributed by atoms with van der Waals surface area (Å²) >= 11 is 0. The molecule has 0 atom stereocenters. The van der Waals surface area contributed by atoms with Gasteiger partial charge in [0.2, 0.25) is 0 Å². The van der Waals surface area contributed by atoms with Gasteiger partial charge in [-0.05, 0) is 96.7 Å².